The lowest BCUT2D eigenvalue weighted by Crippen LogP contribution is -1.76. The van der Waals surface area contributed by atoms with Crippen LogP contribution in [0.15, 0.2) is 130 Å². The van der Waals surface area contributed by atoms with Crippen molar-refractivity contribution in [2.45, 2.75) is 0 Å². The van der Waals surface area contributed by atoms with Crippen molar-refractivity contribution in [3.05, 3.63) is 109 Å². The van der Waals surface area contributed by atoms with Gasteiger partial charge >= 0.3 is 0 Å². The molecule has 4 nitrogen and oxygen atoms in total. The Hall–Kier alpha value is -3.92. The Morgan fingerprint density at radius 3 is 0.893 bits per heavy atom. The van der Waals surface area contributed by atoms with E-state index in [1.807, 2.05) is 109 Å². The second-order valence-corrected chi connectivity index (χ2v) is 6.16. The van der Waals surface area contributed by atoms with Crippen LogP contribution < -0.4 is 0 Å². The topological polar surface area (TPSA) is 49.4 Å². The minimum Gasteiger partial charge on any atom is -0.151 e. The van der Waals surface area contributed by atoms with Crippen molar-refractivity contribution in [1.29, 1.82) is 0 Å². The van der Waals surface area contributed by atoms with Crippen molar-refractivity contribution in [2.24, 2.45) is 20.5 Å². The van der Waals surface area contributed by atoms with Gasteiger partial charge in [0.05, 0.1) is 22.7 Å². The molecule has 4 heteroatoms. The lowest BCUT2D eigenvalue weighted by atomic mass is 10.1. The summed E-state index contributed by atoms with van der Waals surface area (Å²) in [4.78, 5) is 0. The van der Waals surface area contributed by atoms with Gasteiger partial charge in [0, 0.05) is 0 Å². The first-order chi connectivity index (χ1) is 13.9. The highest BCUT2D eigenvalue weighted by atomic mass is 15.1. The maximum Gasteiger partial charge on any atom is 0.0857 e. The molecule has 0 bridgehead atoms. The van der Waals surface area contributed by atoms with Gasteiger partial charge in [-0.1, -0.05) is 60.7 Å². The Bertz CT molecular complexity index is 978. The van der Waals surface area contributed by atoms with Crippen LogP contribution in [0.4, 0.5) is 22.7 Å². The van der Waals surface area contributed by atoms with Gasteiger partial charge in [-0.05, 0) is 59.7 Å². The second-order valence-electron chi connectivity index (χ2n) is 6.16. The zero-order valence-electron chi connectivity index (χ0n) is 15.2. The quantitative estimate of drug-likeness (QED) is 0.321. The fraction of sp³-hybridized carbons (Fsp3) is 0. The van der Waals surface area contributed by atoms with Crippen LogP contribution in [0.3, 0.4) is 0 Å². The molecule has 4 aromatic rings. The molecule has 0 saturated heterocycles. The van der Waals surface area contributed by atoms with Crippen LogP contribution >= 0.6 is 0 Å². The molecule has 0 heterocycles. The van der Waals surface area contributed by atoms with Crippen molar-refractivity contribution in [2.75, 3.05) is 0 Å². The summed E-state index contributed by atoms with van der Waals surface area (Å²) in [7, 11) is 0. The molecule has 0 saturated carbocycles. The van der Waals surface area contributed by atoms with Gasteiger partial charge in [-0.2, -0.15) is 20.5 Å². The molecule has 0 radical (unpaired) electrons. The van der Waals surface area contributed by atoms with E-state index >= 15 is 0 Å². The van der Waals surface area contributed by atoms with Crippen LogP contribution in [0.5, 0.6) is 0 Å². The third-order valence-electron chi connectivity index (χ3n) is 4.14. The molecule has 0 fully saturated rings. The summed E-state index contributed by atoms with van der Waals surface area (Å²) in [5.41, 5.74) is 5.55. The first-order valence-electron chi connectivity index (χ1n) is 9.01. The summed E-state index contributed by atoms with van der Waals surface area (Å²) in [5, 5.41) is 17.0. The summed E-state index contributed by atoms with van der Waals surface area (Å²) in [6, 6.07) is 35.4. The van der Waals surface area contributed by atoms with Crippen LogP contribution in [-0.2, 0) is 0 Å². The van der Waals surface area contributed by atoms with E-state index in [2.05, 4.69) is 20.5 Å². The molecule has 0 atom stereocenters. The molecular weight excluding hydrogens is 344 g/mol. The molecule has 134 valence electrons. The molecular formula is C24H18N4. The summed E-state index contributed by atoms with van der Waals surface area (Å²) in [6.07, 6.45) is 0. The Morgan fingerprint density at radius 2 is 0.571 bits per heavy atom. The zero-order valence-corrected chi connectivity index (χ0v) is 15.2. The van der Waals surface area contributed by atoms with E-state index in [9.17, 15) is 0 Å². The number of rotatable bonds is 5. The van der Waals surface area contributed by atoms with Gasteiger partial charge in [-0.15, -0.1) is 0 Å². The third kappa shape index (κ3) is 4.62. The summed E-state index contributed by atoms with van der Waals surface area (Å²) in [6.45, 7) is 0. The maximum absolute atomic E-state index is 4.28. The number of nitrogens with zero attached hydrogens (tertiary/aromatic N) is 4. The Balaban J connectivity index is 1.44. The monoisotopic (exact) mass is 362 g/mol. The van der Waals surface area contributed by atoms with Crippen LogP contribution in [0.1, 0.15) is 0 Å². The van der Waals surface area contributed by atoms with Gasteiger partial charge in [0.25, 0.3) is 0 Å². The highest BCUT2D eigenvalue weighted by Crippen LogP contribution is 2.26. The lowest BCUT2D eigenvalue weighted by Gasteiger charge is -2.02. The minimum atomic E-state index is 0.820. The average molecular weight is 362 g/mol. The minimum absolute atomic E-state index is 0.820. The number of hydrogen-bond donors (Lipinski definition) is 0. The zero-order chi connectivity index (χ0) is 19.0. The van der Waals surface area contributed by atoms with E-state index < -0.39 is 0 Å². The first kappa shape index (κ1) is 17.5. The number of hydrogen-bond acceptors (Lipinski definition) is 4. The summed E-state index contributed by atoms with van der Waals surface area (Å²) >= 11 is 0. The fourth-order valence-electron chi connectivity index (χ4n) is 2.66. The van der Waals surface area contributed by atoms with E-state index in [0.717, 1.165) is 33.9 Å². The standard InChI is InChI=1S/C24H18N4/c1-3-7-21(8-4-1)25-27-23-15-11-19(12-16-23)20-13-17-24(18-14-20)28-26-22-9-5-2-6-10-22/h1-18H/b27-25+,28-26+. The lowest BCUT2D eigenvalue weighted by molar-refractivity contribution is 1.23. The molecule has 4 rings (SSSR count). The molecule has 0 aliphatic heterocycles. The van der Waals surface area contributed by atoms with Crippen molar-refractivity contribution in [1.82, 2.24) is 0 Å². The van der Waals surface area contributed by atoms with Gasteiger partial charge in [0.1, 0.15) is 0 Å². The second kappa shape index (κ2) is 8.64. The molecule has 0 aliphatic carbocycles. The van der Waals surface area contributed by atoms with Gasteiger partial charge in [-0.25, -0.2) is 0 Å². The van der Waals surface area contributed by atoms with Crippen LogP contribution in [0.25, 0.3) is 11.1 Å². The van der Waals surface area contributed by atoms with Crippen molar-refractivity contribution < 1.29 is 0 Å². The van der Waals surface area contributed by atoms with E-state index in [0.29, 0.717) is 0 Å². The van der Waals surface area contributed by atoms with Crippen molar-refractivity contribution >= 4 is 22.7 Å². The molecule has 0 N–H and O–H groups in total. The van der Waals surface area contributed by atoms with E-state index in [1.165, 1.54) is 0 Å². The highest BCUT2D eigenvalue weighted by molar-refractivity contribution is 5.67. The largest absolute Gasteiger partial charge is 0.151 e. The predicted octanol–water partition coefficient (Wildman–Crippen LogP) is 8.18. The summed E-state index contributed by atoms with van der Waals surface area (Å²) < 4.78 is 0. The Labute approximate surface area is 163 Å². The SMILES string of the molecule is c1ccc(/N=N/c2ccc(-c3ccc(/N=N/c4ccccc4)cc3)cc2)cc1. The first-order valence-corrected chi connectivity index (χ1v) is 9.01. The van der Waals surface area contributed by atoms with Gasteiger partial charge in [0.2, 0.25) is 0 Å². The van der Waals surface area contributed by atoms with E-state index in [1.54, 1.807) is 0 Å². The molecule has 0 spiro atoms. The van der Waals surface area contributed by atoms with Gasteiger partial charge < -0.3 is 0 Å². The molecule has 0 aliphatic rings. The van der Waals surface area contributed by atoms with Crippen LogP contribution in [0.2, 0.25) is 0 Å². The smallest absolute Gasteiger partial charge is 0.0857 e. The van der Waals surface area contributed by atoms with Gasteiger partial charge in [0.15, 0.2) is 0 Å². The molecule has 0 unspecified atom stereocenters. The number of benzene rings is 4. The predicted molar refractivity (Wildman–Crippen MR) is 113 cm³/mol. The number of azo groups is 2. The normalized spacial score (nSPS) is 11.3. The Morgan fingerprint density at radius 1 is 0.286 bits per heavy atom. The van der Waals surface area contributed by atoms with E-state index in [4.69, 9.17) is 0 Å². The molecule has 0 amide bonds. The molecule has 4 aromatic carbocycles. The van der Waals surface area contributed by atoms with Gasteiger partial charge in [-0.3, -0.25) is 0 Å². The fourth-order valence-corrected chi connectivity index (χ4v) is 2.66. The van der Waals surface area contributed by atoms with Crippen molar-refractivity contribution in [3.8, 4) is 11.1 Å². The van der Waals surface area contributed by atoms with E-state index in [-0.39, 0.29) is 0 Å². The Kier molecular flexibility index (Phi) is 5.40. The molecule has 28 heavy (non-hydrogen) atoms. The van der Waals surface area contributed by atoms with Crippen LogP contribution in [-0.4, -0.2) is 0 Å². The van der Waals surface area contributed by atoms with Crippen molar-refractivity contribution in [3.63, 3.8) is 0 Å². The highest BCUT2D eigenvalue weighted by Gasteiger charge is 1.99. The average Bonchev–Trinajstić information content (AvgIpc) is 2.78. The summed E-state index contributed by atoms with van der Waals surface area (Å²) in [5.74, 6) is 0. The maximum atomic E-state index is 4.28. The third-order valence-corrected chi connectivity index (χ3v) is 4.14. The molecule has 0 aromatic heterocycles. The van der Waals surface area contributed by atoms with Crippen LogP contribution in [0, 0.1) is 0 Å².